The summed E-state index contributed by atoms with van der Waals surface area (Å²) < 4.78 is 13.8. The van der Waals surface area contributed by atoms with Crippen molar-refractivity contribution in [1.29, 1.82) is 0 Å². The Morgan fingerprint density at radius 3 is 2.37 bits per heavy atom. The maximum absolute atomic E-state index is 13.8. The van der Waals surface area contributed by atoms with Crippen molar-refractivity contribution < 1.29 is 14.0 Å². The molecular weight excluding hydrogens is 443 g/mol. The molecule has 188 valence electrons. The van der Waals surface area contributed by atoms with Gasteiger partial charge in [0.15, 0.2) is 0 Å². The topological polar surface area (TPSA) is 77.2 Å². The summed E-state index contributed by atoms with van der Waals surface area (Å²) in [7, 11) is 0. The summed E-state index contributed by atoms with van der Waals surface area (Å²) >= 11 is 0. The number of halogens is 1. The second-order valence-corrected chi connectivity index (χ2v) is 8.61. The van der Waals surface area contributed by atoms with Gasteiger partial charge in [0.2, 0.25) is 6.41 Å². The van der Waals surface area contributed by atoms with Crippen LogP contribution in [0.4, 0.5) is 10.1 Å². The van der Waals surface area contributed by atoms with Crippen molar-refractivity contribution in [3.63, 3.8) is 0 Å². The zero-order chi connectivity index (χ0) is 25.8. The van der Waals surface area contributed by atoms with Crippen LogP contribution < -0.4 is 10.6 Å². The molecule has 0 saturated carbocycles. The van der Waals surface area contributed by atoms with Crippen LogP contribution in [0.3, 0.4) is 0 Å². The van der Waals surface area contributed by atoms with E-state index in [-0.39, 0.29) is 11.7 Å². The van der Waals surface area contributed by atoms with Crippen LogP contribution in [0.15, 0.2) is 18.2 Å². The van der Waals surface area contributed by atoms with Gasteiger partial charge in [-0.1, -0.05) is 6.92 Å². The SMILES string of the molecule is C#C.C1CCNC1.CCc1[nH]c(/C=C(\C)c2cc(F)ccc2NC=O)c(C)c1C(=O)N1CCCC1. The summed E-state index contributed by atoms with van der Waals surface area (Å²) in [6, 6.07) is 4.25. The molecule has 0 atom stereocenters. The first-order valence-corrected chi connectivity index (χ1v) is 12.2. The van der Waals surface area contributed by atoms with Gasteiger partial charge in [-0.25, -0.2) is 4.39 Å². The van der Waals surface area contributed by atoms with Crippen molar-refractivity contribution in [3.05, 3.63) is 52.1 Å². The first kappa shape index (κ1) is 27.9. The quantitative estimate of drug-likeness (QED) is 0.402. The number of allylic oxidation sites excluding steroid dienone is 1. The molecule has 0 spiro atoms. The van der Waals surface area contributed by atoms with E-state index in [9.17, 15) is 14.0 Å². The molecule has 2 aliphatic heterocycles. The molecule has 35 heavy (non-hydrogen) atoms. The van der Waals surface area contributed by atoms with Crippen molar-refractivity contribution in [3.8, 4) is 12.8 Å². The van der Waals surface area contributed by atoms with Crippen LogP contribution in [0.2, 0.25) is 0 Å². The zero-order valence-electron chi connectivity index (χ0n) is 21.0. The van der Waals surface area contributed by atoms with E-state index in [1.54, 1.807) is 0 Å². The number of aryl methyl sites for hydroxylation is 1. The first-order chi connectivity index (χ1) is 17.0. The van der Waals surface area contributed by atoms with Gasteiger partial charge in [0.05, 0.1) is 5.56 Å². The monoisotopic (exact) mass is 480 g/mol. The average Bonchev–Trinajstić information content (AvgIpc) is 3.66. The van der Waals surface area contributed by atoms with E-state index in [1.807, 2.05) is 31.7 Å². The number of carbonyl (C=O) groups is 2. The smallest absolute Gasteiger partial charge is 0.255 e. The van der Waals surface area contributed by atoms with E-state index in [0.717, 1.165) is 60.4 Å². The van der Waals surface area contributed by atoms with Crippen LogP contribution in [0.25, 0.3) is 11.6 Å². The summed E-state index contributed by atoms with van der Waals surface area (Å²) in [6.45, 7) is 9.93. The lowest BCUT2D eigenvalue weighted by Crippen LogP contribution is -2.28. The molecule has 2 saturated heterocycles. The molecule has 0 unspecified atom stereocenters. The fourth-order valence-electron chi connectivity index (χ4n) is 4.41. The third-order valence-electron chi connectivity index (χ3n) is 6.27. The number of H-pyrrole nitrogens is 1. The Hall–Kier alpha value is -3.37. The van der Waals surface area contributed by atoms with E-state index >= 15 is 0 Å². The van der Waals surface area contributed by atoms with Crippen LogP contribution >= 0.6 is 0 Å². The lowest BCUT2D eigenvalue weighted by Gasteiger charge is -2.16. The predicted molar refractivity (Wildman–Crippen MR) is 142 cm³/mol. The van der Waals surface area contributed by atoms with Crippen LogP contribution in [0, 0.1) is 25.6 Å². The van der Waals surface area contributed by atoms with E-state index in [4.69, 9.17) is 0 Å². The number of likely N-dealkylation sites (tertiary alicyclic amines) is 1. The van der Waals surface area contributed by atoms with Crippen LogP contribution in [-0.4, -0.2) is 48.4 Å². The second-order valence-electron chi connectivity index (χ2n) is 8.61. The largest absolute Gasteiger partial charge is 0.358 e. The van der Waals surface area contributed by atoms with Gasteiger partial charge in [-0.15, -0.1) is 12.8 Å². The Labute approximate surface area is 208 Å². The molecule has 1 aromatic heterocycles. The molecule has 3 N–H and O–H groups in total. The lowest BCUT2D eigenvalue weighted by atomic mass is 10.0. The maximum atomic E-state index is 13.8. The molecule has 7 heteroatoms. The number of nitrogens with zero attached hydrogens (tertiary/aromatic N) is 1. The van der Waals surface area contributed by atoms with Gasteiger partial charge in [0.25, 0.3) is 5.91 Å². The summed E-state index contributed by atoms with van der Waals surface area (Å²) in [4.78, 5) is 29.1. The molecule has 6 nitrogen and oxygen atoms in total. The first-order valence-electron chi connectivity index (χ1n) is 12.2. The molecule has 2 aliphatic rings. The standard InChI is InChI=1S/C22H26FN3O2.C4H9N.C2H2/c1-4-18-21(22(28)26-9-5-6-10-26)15(3)20(25-18)11-14(2)17-12-16(23)7-8-19(17)24-13-27;1-2-4-5-3-1;1-2/h7-8,11-13,25H,4-6,9-10H2,1-3H3,(H,24,27);5H,1-4H2;1-2H/b14-11+;;. The van der Waals surface area contributed by atoms with Crippen LogP contribution in [0.1, 0.15) is 72.4 Å². The molecular formula is C28H37FN4O2. The number of hydrogen-bond acceptors (Lipinski definition) is 3. The normalized spacial score (nSPS) is 15.0. The minimum absolute atomic E-state index is 0.0782. The molecule has 0 radical (unpaired) electrons. The highest BCUT2D eigenvalue weighted by atomic mass is 19.1. The van der Waals surface area contributed by atoms with E-state index in [2.05, 4.69) is 28.5 Å². The van der Waals surface area contributed by atoms with Gasteiger partial charge in [-0.3, -0.25) is 9.59 Å². The maximum Gasteiger partial charge on any atom is 0.255 e. The summed E-state index contributed by atoms with van der Waals surface area (Å²) in [6.07, 6.45) is 16.1. The highest BCUT2D eigenvalue weighted by molar-refractivity contribution is 5.99. The average molecular weight is 481 g/mol. The minimum Gasteiger partial charge on any atom is -0.358 e. The third-order valence-corrected chi connectivity index (χ3v) is 6.27. The van der Waals surface area contributed by atoms with Crippen molar-refractivity contribution >= 4 is 29.7 Å². The summed E-state index contributed by atoms with van der Waals surface area (Å²) in [5.41, 5.74) is 5.32. The number of terminal acetylenes is 1. The molecule has 1 aromatic carbocycles. The summed E-state index contributed by atoms with van der Waals surface area (Å²) in [5.74, 6) is -0.295. The Morgan fingerprint density at radius 1 is 1.17 bits per heavy atom. The van der Waals surface area contributed by atoms with Gasteiger partial charge in [0.1, 0.15) is 5.82 Å². The number of nitrogens with one attached hydrogen (secondary N) is 3. The molecule has 0 bridgehead atoms. The van der Waals surface area contributed by atoms with Gasteiger partial charge in [0, 0.05) is 35.7 Å². The number of amides is 2. The predicted octanol–water partition coefficient (Wildman–Crippen LogP) is 5.01. The number of hydrogen-bond donors (Lipinski definition) is 3. The van der Waals surface area contributed by atoms with E-state index in [1.165, 1.54) is 44.1 Å². The zero-order valence-corrected chi connectivity index (χ0v) is 21.0. The fourth-order valence-corrected chi connectivity index (χ4v) is 4.41. The van der Waals surface area contributed by atoms with Crippen molar-refractivity contribution in [2.75, 3.05) is 31.5 Å². The number of aromatic amines is 1. The van der Waals surface area contributed by atoms with E-state index in [0.29, 0.717) is 17.7 Å². The number of rotatable bonds is 6. The number of aromatic nitrogens is 1. The fraction of sp³-hybridized carbons (Fsp3) is 0.429. The Balaban J connectivity index is 0.000000538. The Morgan fingerprint density at radius 2 is 1.83 bits per heavy atom. The van der Waals surface area contributed by atoms with E-state index < -0.39 is 0 Å². The number of anilines is 1. The number of carbonyl (C=O) groups excluding carboxylic acids is 2. The van der Waals surface area contributed by atoms with Crippen molar-refractivity contribution in [2.45, 2.75) is 52.9 Å². The minimum atomic E-state index is -0.374. The molecule has 2 fully saturated rings. The van der Waals surface area contributed by atoms with Crippen molar-refractivity contribution in [1.82, 2.24) is 15.2 Å². The lowest BCUT2D eigenvalue weighted by molar-refractivity contribution is -0.105. The second kappa shape index (κ2) is 14.1. The third kappa shape index (κ3) is 7.30. The molecule has 4 rings (SSSR count). The van der Waals surface area contributed by atoms with Gasteiger partial charge in [-0.05, 0) is 94.5 Å². The van der Waals surface area contributed by atoms with Crippen LogP contribution in [0.5, 0.6) is 0 Å². The highest BCUT2D eigenvalue weighted by Crippen LogP contribution is 2.29. The van der Waals surface area contributed by atoms with Gasteiger partial charge in [-0.2, -0.15) is 0 Å². The van der Waals surface area contributed by atoms with Gasteiger partial charge < -0.3 is 20.5 Å². The Bertz CT molecular complexity index is 1040. The highest BCUT2D eigenvalue weighted by Gasteiger charge is 2.25. The molecule has 3 heterocycles. The van der Waals surface area contributed by atoms with Crippen molar-refractivity contribution in [2.24, 2.45) is 0 Å². The van der Waals surface area contributed by atoms with Crippen LogP contribution in [-0.2, 0) is 11.2 Å². The molecule has 0 aliphatic carbocycles. The molecule has 2 aromatic rings. The molecule has 2 amide bonds. The van der Waals surface area contributed by atoms with Gasteiger partial charge >= 0.3 is 0 Å². The summed E-state index contributed by atoms with van der Waals surface area (Å²) in [5, 5.41) is 5.83. The number of benzene rings is 1. The Kier molecular flexibility index (Phi) is 11.2.